The second-order valence-electron chi connectivity index (χ2n) is 4.01. The molecule has 0 aliphatic carbocycles. The molecule has 0 fully saturated rings. The number of nitrogens with zero attached hydrogens (tertiary/aromatic N) is 1. The topological polar surface area (TPSA) is 70.5 Å². The number of aromatic nitrogens is 1. The van der Waals surface area contributed by atoms with Crippen LogP contribution in [-0.4, -0.2) is 19.4 Å². The van der Waals surface area contributed by atoms with Gasteiger partial charge in [0.1, 0.15) is 11.5 Å². The summed E-state index contributed by atoms with van der Waals surface area (Å²) in [5.74, 6) is 1.80. The Kier molecular flexibility index (Phi) is 3.14. The van der Waals surface area contributed by atoms with E-state index < -0.39 is 0 Å². The van der Waals surface area contributed by atoms with Gasteiger partial charge in [-0.05, 0) is 31.0 Å². The summed E-state index contributed by atoms with van der Waals surface area (Å²) in [5, 5.41) is 3.68. The zero-order valence-corrected chi connectivity index (χ0v) is 10.9. The highest BCUT2D eigenvalue weighted by atomic mass is 16.5. The number of hydrogen-bond acceptors (Lipinski definition) is 5. The van der Waals surface area contributed by atoms with Gasteiger partial charge < -0.3 is 19.7 Å². The second-order valence-corrected chi connectivity index (χ2v) is 4.01. The van der Waals surface area contributed by atoms with Crippen LogP contribution in [0.4, 0.5) is 5.88 Å². The number of nitrogens with two attached hydrogens (primary N) is 1. The molecule has 0 amide bonds. The maximum absolute atomic E-state index is 5.75. The van der Waals surface area contributed by atoms with E-state index in [1.165, 1.54) is 0 Å². The molecule has 0 saturated heterocycles. The summed E-state index contributed by atoms with van der Waals surface area (Å²) in [7, 11) is 3.26. The van der Waals surface area contributed by atoms with Crippen molar-refractivity contribution in [1.29, 1.82) is 0 Å². The van der Waals surface area contributed by atoms with E-state index in [0.717, 1.165) is 28.2 Å². The first-order chi connectivity index (χ1) is 8.60. The largest absolute Gasteiger partial charge is 0.496 e. The molecular weight excluding hydrogens is 232 g/mol. The maximum atomic E-state index is 5.75. The van der Waals surface area contributed by atoms with Crippen LogP contribution in [0.25, 0.3) is 11.1 Å². The molecule has 5 heteroatoms. The molecule has 1 aromatic heterocycles. The van der Waals surface area contributed by atoms with Crippen molar-refractivity contribution in [3.8, 4) is 22.6 Å². The predicted molar refractivity (Wildman–Crippen MR) is 68.9 cm³/mol. The van der Waals surface area contributed by atoms with E-state index in [1.54, 1.807) is 20.4 Å². The summed E-state index contributed by atoms with van der Waals surface area (Å²) >= 11 is 0. The Balaban J connectivity index is 2.74. The zero-order valence-electron chi connectivity index (χ0n) is 10.9. The zero-order chi connectivity index (χ0) is 13.3. The summed E-state index contributed by atoms with van der Waals surface area (Å²) in [6.07, 6.45) is 1.57. The first-order valence-electron chi connectivity index (χ1n) is 5.52. The first-order valence-corrected chi connectivity index (χ1v) is 5.52. The van der Waals surface area contributed by atoms with Gasteiger partial charge in [-0.1, -0.05) is 5.16 Å². The summed E-state index contributed by atoms with van der Waals surface area (Å²) in [5.41, 5.74) is 9.31. The first kappa shape index (κ1) is 12.3. The molecule has 2 aromatic rings. The number of ether oxygens (including phenoxy) is 2. The van der Waals surface area contributed by atoms with E-state index in [2.05, 4.69) is 5.16 Å². The molecule has 5 nitrogen and oxygen atoms in total. The summed E-state index contributed by atoms with van der Waals surface area (Å²) < 4.78 is 15.7. The third kappa shape index (κ3) is 1.77. The van der Waals surface area contributed by atoms with Crippen LogP contribution in [0.5, 0.6) is 11.5 Å². The highest BCUT2D eigenvalue weighted by Gasteiger charge is 2.18. The Bertz CT molecular complexity index is 576. The van der Waals surface area contributed by atoms with Crippen LogP contribution in [0.1, 0.15) is 11.1 Å². The molecule has 1 heterocycles. The van der Waals surface area contributed by atoms with Gasteiger partial charge in [0.15, 0.2) is 0 Å². The molecule has 0 spiro atoms. The standard InChI is InChI=1S/C13H16N2O3/c1-7-8(2)12(17-4)9(5-11(7)16-3)10-6-15-18-13(10)14/h5-6H,14H2,1-4H3. The van der Waals surface area contributed by atoms with Gasteiger partial charge in [0, 0.05) is 5.56 Å². The average Bonchev–Trinajstić information content (AvgIpc) is 2.78. The normalized spacial score (nSPS) is 10.4. The molecule has 0 aliphatic rings. The average molecular weight is 248 g/mol. The lowest BCUT2D eigenvalue weighted by atomic mass is 9.99. The van der Waals surface area contributed by atoms with Crippen molar-refractivity contribution in [1.82, 2.24) is 5.16 Å². The van der Waals surface area contributed by atoms with Crippen molar-refractivity contribution in [2.24, 2.45) is 0 Å². The van der Waals surface area contributed by atoms with E-state index in [1.807, 2.05) is 19.9 Å². The fourth-order valence-electron chi connectivity index (χ4n) is 1.99. The van der Waals surface area contributed by atoms with E-state index in [4.69, 9.17) is 19.7 Å². The summed E-state index contributed by atoms with van der Waals surface area (Å²) in [4.78, 5) is 0. The number of methoxy groups -OCH3 is 2. The summed E-state index contributed by atoms with van der Waals surface area (Å²) in [6.45, 7) is 3.96. The number of hydrogen-bond donors (Lipinski definition) is 1. The second kappa shape index (κ2) is 4.60. The van der Waals surface area contributed by atoms with Gasteiger partial charge in [-0.15, -0.1) is 0 Å². The number of anilines is 1. The van der Waals surface area contributed by atoms with Crippen molar-refractivity contribution in [2.45, 2.75) is 13.8 Å². The smallest absolute Gasteiger partial charge is 0.230 e. The fraction of sp³-hybridized carbons (Fsp3) is 0.308. The molecule has 1 aromatic carbocycles. The monoisotopic (exact) mass is 248 g/mol. The third-order valence-electron chi connectivity index (χ3n) is 3.11. The molecule has 0 atom stereocenters. The van der Waals surface area contributed by atoms with Gasteiger partial charge in [0.05, 0.1) is 26.0 Å². The Morgan fingerprint density at radius 2 is 1.83 bits per heavy atom. The van der Waals surface area contributed by atoms with Gasteiger partial charge in [-0.25, -0.2) is 0 Å². The van der Waals surface area contributed by atoms with Crippen LogP contribution >= 0.6 is 0 Å². The predicted octanol–water partition coefficient (Wildman–Crippen LogP) is 2.56. The lowest BCUT2D eigenvalue weighted by Gasteiger charge is -2.16. The molecule has 18 heavy (non-hydrogen) atoms. The van der Waals surface area contributed by atoms with Crippen molar-refractivity contribution in [3.63, 3.8) is 0 Å². The molecule has 0 unspecified atom stereocenters. The molecule has 0 radical (unpaired) electrons. The lowest BCUT2D eigenvalue weighted by Crippen LogP contribution is -1.98. The fourth-order valence-corrected chi connectivity index (χ4v) is 1.99. The maximum Gasteiger partial charge on any atom is 0.230 e. The molecule has 2 N–H and O–H groups in total. The van der Waals surface area contributed by atoms with Crippen LogP contribution in [0, 0.1) is 13.8 Å². The highest BCUT2D eigenvalue weighted by molar-refractivity contribution is 5.80. The van der Waals surface area contributed by atoms with Gasteiger partial charge in [-0.2, -0.15) is 0 Å². The van der Waals surface area contributed by atoms with Crippen LogP contribution in [0.3, 0.4) is 0 Å². The Morgan fingerprint density at radius 3 is 2.33 bits per heavy atom. The molecular formula is C13H16N2O3. The van der Waals surface area contributed by atoms with Gasteiger partial charge in [0.2, 0.25) is 5.88 Å². The third-order valence-corrected chi connectivity index (χ3v) is 3.11. The number of rotatable bonds is 3. The molecule has 0 saturated carbocycles. The van der Waals surface area contributed by atoms with Crippen LogP contribution in [0.2, 0.25) is 0 Å². The molecule has 0 bridgehead atoms. The van der Waals surface area contributed by atoms with Crippen molar-refractivity contribution < 1.29 is 14.0 Å². The minimum absolute atomic E-state index is 0.263. The van der Waals surface area contributed by atoms with E-state index in [9.17, 15) is 0 Å². The van der Waals surface area contributed by atoms with Crippen molar-refractivity contribution >= 4 is 5.88 Å². The van der Waals surface area contributed by atoms with Crippen LogP contribution in [-0.2, 0) is 0 Å². The Hall–Kier alpha value is -2.17. The van der Waals surface area contributed by atoms with Crippen LogP contribution in [0.15, 0.2) is 16.8 Å². The SMILES string of the molecule is COc1cc(-c2cnoc2N)c(OC)c(C)c1C. The quantitative estimate of drug-likeness (QED) is 0.903. The van der Waals surface area contributed by atoms with E-state index in [0.29, 0.717) is 5.56 Å². The minimum Gasteiger partial charge on any atom is -0.496 e. The number of benzene rings is 1. The van der Waals surface area contributed by atoms with Gasteiger partial charge in [0.25, 0.3) is 0 Å². The summed E-state index contributed by atoms with van der Waals surface area (Å²) in [6, 6.07) is 1.88. The van der Waals surface area contributed by atoms with Gasteiger partial charge in [-0.3, -0.25) is 0 Å². The minimum atomic E-state index is 0.263. The van der Waals surface area contributed by atoms with E-state index in [-0.39, 0.29) is 5.88 Å². The van der Waals surface area contributed by atoms with Crippen molar-refractivity contribution in [2.75, 3.05) is 20.0 Å². The Morgan fingerprint density at radius 1 is 1.11 bits per heavy atom. The van der Waals surface area contributed by atoms with E-state index >= 15 is 0 Å². The molecule has 2 rings (SSSR count). The molecule has 0 aliphatic heterocycles. The number of nitrogen functional groups attached to an aromatic ring is 1. The Labute approximate surface area is 105 Å². The van der Waals surface area contributed by atoms with Crippen LogP contribution < -0.4 is 15.2 Å². The highest BCUT2D eigenvalue weighted by Crippen LogP contribution is 2.41. The van der Waals surface area contributed by atoms with Crippen molar-refractivity contribution in [3.05, 3.63) is 23.4 Å². The lowest BCUT2D eigenvalue weighted by molar-refractivity contribution is 0.399. The molecule has 96 valence electrons. The van der Waals surface area contributed by atoms with Gasteiger partial charge >= 0.3 is 0 Å².